The van der Waals surface area contributed by atoms with Crippen molar-refractivity contribution in [1.29, 1.82) is 0 Å². The van der Waals surface area contributed by atoms with Crippen LogP contribution >= 0.6 is 0 Å². The van der Waals surface area contributed by atoms with Crippen molar-refractivity contribution < 1.29 is 13.6 Å². The molecule has 0 heterocycles. The van der Waals surface area contributed by atoms with Gasteiger partial charge in [-0.2, -0.15) is 0 Å². The molecule has 17 heavy (non-hydrogen) atoms. The summed E-state index contributed by atoms with van der Waals surface area (Å²) >= 11 is 0. The van der Waals surface area contributed by atoms with Crippen LogP contribution in [0.3, 0.4) is 0 Å². The highest BCUT2D eigenvalue weighted by atomic mass is 19.2. The SMILES string of the molecule is C[C@@H]1CCC/C(=C\c2ccc(F)c(F)c2)C1=O. The summed E-state index contributed by atoms with van der Waals surface area (Å²) in [5.74, 6) is -1.58. The van der Waals surface area contributed by atoms with Crippen LogP contribution in [0.4, 0.5) is 8.78 Å². The summed E-state index contributed by atoms with van der Waals surface area (Å²) in [6.07, 6.45) is 4.28. The Morgan fingerprint density at radius 2 is 2.06 bits per heavy atom. The summed E-state index contributed by atoms with van der Waals surface area (Å²) in [6.45, 7) is 1.90. The van der Waals surface area contributed by atoms with Crippen molar-refractivity contribution in [2.45, 2.75) is 26.2 Å². The van der Waals surface area contributed by atoms with Gasteiger partial charge in [0.15, 0.2) is 17.4 Å². The molecule has 2 rings (SSSR count). The molecule has 1 atom stereocenters. The number of ketones is 1. The molecular formula is C14H14F2O. The summed E-state index contributed by atoms with van der Waals surface area (Å²) in [7, 11) is 0. The number of benzene rings is 1. The number of halogens is 2. The molecule has 90 valence electrons. The van der Waals surface area contributed by atoms with E-state index in [0.29, 0.717) is 5.56 Å². The molecule has 0 amide bonds. The zero-order valence-electron chi connectivity index (χ0n) is 9.67. The average molecular weight is 236 g/mol. The Balaban J connectivity index is 2.28. The topological polar surface area (TPSA) is 17.1 Å². The second-order valence-electron chi connectivity index (χ2n) is 4.50. The summed E-state index contributed by atoms with van der Waals surface area (Å²) in [5, 5.41) is 0. The molecule has 1 saturated carbocycles. The molecule has 0 aromatic heterocycles. The molecule has 0 spiro atoms. The molecule has 3 heteroatoms. The molecule has 1 fully saturated rings. The second kappa shape index (κ2) is 4.78. The van der Waals surface area contributed by atoms with Crippen LogP contribution < -0.4 is 0 Å². The first kappa shape index (κ1) is 12.0. The molecule has 0 aliphatic heterocycles. The number of Topliss-reactive ketones (excluding diaryl/α,β-unsaturated/α-hetero) is 1. The molecule has 0 unspecified atom stereocenters. The van der Waals surface area contributed by atoms with E-state index in [9.17, 15) is 13.6 Å². The minimum Gasteiger partial charge on any atom is -0.294 e. The second-order valence-corrected chi connectivity index (χ2v) is 4.50. The fraction of sp³-hybridized carbons (Fsp3) is 0.357. The Labute approximate surface area is 99.1 Å². The van der Waals surface area contributed by atoms with E-state index in [4.69, 9.17) is 0 Å². The maximum Gasteiger partial charge on any atom is 0.161 e. The summed E-state index contributed by atoms with van der Waals surface area (Å²) in [6, 6.07) is 3.69. The lowest BCUT2D eigenvalue weighted by Gasteiger charge is -2.19. The molecule has 1 aliphatic carbocycles. The van der Waals surface area contributed by atoms with Gasteiger partial charge in [0.25, 0.3) is 0 Å². The van der Waals surface area contributed by atoms with Crippen LogP contribution in [0.2, 0.25) is 0 Å². The predicted octanol–water partition coefficient (Wildman–Crippen LogP) is 3.74. The Hall–Kier alpha value is -1.51. The highest BCUT2D eigenvalue weighted by molar-refractivity contribution is 6.01. The van der Waals surface area contributed by atoms with Gasteiger partial charge in [0.2, 0.25) is 0 Å². The van der Waals surface area contributed by atoms with E-state index >= 15 is 0 Å². The van der Waals surface area contributed by atoms with Crippen molar-refractivity contribution in [2.24, 2.45) is 5.92 Å². The Morgan fingerprint density at radius 3 is 2.76 bits per heavy atom. The summed E-state index contributed by atoms with van der Waals surface area (Å²) in [4.78, 5) is 11.8. The van der Waals surface area contributed by atoms with E-state index in [1.165, 1.54) is 6.07 Å². The van der Waals surface area contributed by atoms with Crippen LogP contribution in [0.15, 0.2) is 23.8 Å². The smallest absolute Gasteiger partial charge is 0.161 e. The van der Waals surface area contributed by atoms with Crippen molar-refractivity contribution in [1.82, 2.24) is 0 Å². The quantitative estimate of drug-likeness (QED) is 0.679. The molecule has 0 bridgehead atoms. The van der Waals surface area contributed by atoms with E-state index in [-0.39, 0.29) is 11.7 Å². The number of carbonyl (C=O) groups excluding carboxylic acids is 1. The third-order valence-corrected chi connectivity index (χ3v) is 3.13. The van der Waals surface area contributed by atoms with Crippen molar-refractivity contribution in [3.63, 3.8) is 0 Å². The zero-order valence-corrected chi connectivity index (χ0v) is 9.67. The van der Waals surface area contributed by atoms with E-state index < -0.39 is 11.6 Å². The monoisotopic (exact) mass is 236 g/mol. The van der Waals surface area contributed by atoms with Crippen molar-refractivity contribution in [3.8, 4) is 0 Å². The van der Waals surface area contributed by atoms with Crippen molar-refractivity contribution in [2.75, 3.05) is 0 Å². The largest absolute Gasteiger partial charge is 0.294 e. The van der Waals surface area contributed by atoms with E-state index in [0.717, 1.165) is 37.0 Å². The van der Waals surface area contributed by atoms with Gasteiger partial charge >= 0.3 is 0 Å². The molecule has 0 radical (unpaired) electrons. The first-order valence-corrected chi connectivity index (χ1v) is 5.78. The first-order valence-electron chi connectivity index (χ1n) is 5.78. The third-order valence-electron chi connectivity index (χ3n) is 3.13. The van der Waals surface area contributed by atoms with Crippen LogP contribution in [0, 0.1) is 17.6 Å². The highest BCUT2D eigenvalue weighted by Crippen LogP contribution is 2.26. The van der Waals surface area contributed by atoms with Gasteiger partial charge in [-0.25, -0.2) is 8.78 Å². The Morgan fingerprint density at radius 1 is 1.29 bits per heavy atom. The van der Waals surface area contributed by atoms with Crippen molar-refractivity contribution in [3.05, 3.63) is 41.0 Å². The first-order chi connectivity index (χ1) is 8.08. The molecule has 1 aromatic rings. The highest BCUT2D eigenvalue weighted by Gasteiger charge is 2.22. The van der Waals surface area contributed by atoms with Gasteiger partial charge in [0.05, 0.1) is 0 Å². The lowest BCUT2D eigenvalue weighted by Crippen LogP contribution is -2.18. The third kappa shape index (κ3) is 2.60. The van der Waals surface area contributed by atoms with Gasteiger partial charge in [0.1, 0.15) is 0 Å². The summed E-state index contributed by atoms with van der Waals surface area (Å²) in [5.41, 5.74) is 1.26. The number of hydrogen-bond acceptors (Lipinski definition) is 1. The van der Waals surface area contributed by atoms with Gasteiger partial charge in [-0.05, 0) is 48.6 Å². The van der Waals surface area contributed by atoms with E-state index in [1.807, 2.05) is 6.92 Å². The van der Waals surface area contributed by atoms with E-state index in [1.54, 1.807) is 6.08 Å². The molecule has 1 aromatic carbocycles. The average Bonchev–Trinajstić information content (AvgIpc) is 2.30. The molecule has 1 aliphatic rings. The lowest BCUT2D eigenvalue weighted by atomic mass is 9.84. The predicted molar refractivity (Wildman–Crippen MR) is 62.4 cm³/mol. The Bertz CT molecular complexity index is 477. The van der Waals surface area contributed by atoms with Crippen LogP contribution in [0.1, 0.15) is 31.7 Å². The van der Waals surface area contributed by atoms with E-state index in [2.05, 4.69) is 0 Å². The summed E-state index contributed by atoms with van der Waals surface area (Å²) < 4.78 is 25.8. The Kier molecular flexibility index (Phi) is 3.36. The number of hydrogen-bond donors (Lipinski definition) is 0. The van der Waals surface area contributed by atoms with Gasteiger partial charge in [-0.15, -0.1) is 0 Å². The lowest BCUT2D eigenvalue weighted by molar-refractivity contribution is -0.119. The fourth-order valence-electron chi connectivity index (χ4n) is 2.12. The van der Waals surface area contributed by atoms with Crippen LogP contribution in [0.25, 0.3) is 6.08 Å². The van der Waals surface area contributed by atoms with Gasteiger partial charge < -0.3 is 0 Å². The zero-order chi connectivity index (χ0) is 12.4. The molecule has 1 nitrogen and oxygen atoms in total. The van der Waals surface area contributed by atoms with Gasteiger partial charge in [0, 0.05) is 5.92 Å². The van der Waals surface area contributed by atoms with Crippen LogP contribution in [-0.4, -0.2) is 5.78 Å². The number of carbonyl (C=O) groups is 1. The minimum atomic E-state index is -0.879. The number of rotatable bonds is 1. The van der Waals surface area contributed by atoms with Gasteiger partial charge in [-0.3, -0.25) is 4.79 Å². The van der Waals surface area contributed by atoms with Crippen LogP contribution in [0.5, 0.6) is 0 Å². The molecule has 0 saturated heterocycles. The standard InChI is InChI=1S/C14H14F2O/c1-9-3-2-4-11(14(9)17)7-10-5-6-12(15)13(16)8-10/h5-9H,2-4H2,1H3/b11-7+/t9-/m1/s1. The minimum absolute atomic E-state index is 0.0419. The molecular weight excluding hydrogens is 222 g/mol. The van der Waals surface area contributed by atoms with Gasteiger partial charge in [-0.1, -0.05) is 13.0 Å². The maximum absolute atomic E-state index is 13.0. The normalized spacial score (nSPS) is 23.1. The fourth-order valence-corrected chi connectivity index (χ4v) is 2.12. The molecule has 0 N–H and O–H groups in total. The maximum atomic E-state index is 13.0. The number of allylic oxidation sites excluding steroid dienone is 1. The van der Waals surface area contributed by atoms with Crippen molar-refractivity contribution >= 4 is 11.9 Å². The van der Waals surface area contributed by atoms with Crippen LogP contribution in [-0.2, 0) is 4.79 Å².